The Bertz CT molecular complexity index is 378. The lowest BCUT2D eigenvalue weighted by Crippen LogP contribution is -2.47. The average Bonchev–Trinajstić information content (AvgIpc) is 2.40. The third kappa shape index (κ3) is 3.23. The molecule has 1 N–H and O–H groups in total. The third-order valence-electron chi connectivity index (χ3n) is 3.73. The third-order valence-corrected chi connectivity index (χ3v) is 4.07. The number of β-amino-alcohol motifs (C(OH)–C–C–N with tert-alkyl or cyclic N) is 1. The molecular formula is C14H21ClN2O. The van der Waals surface area contributed by atoms with Crippen molar-refractivity contribution < 1.29 is 5.11 Å². The lowest BCUT2D eigenvalue weighted by Gasteiger charge is -2.38. The maximum atomic E-state index is 8.94. The summed E-state index contributed by atoms with van der Waals surface area (Å²) in [5.41, 5.74) is 1.20. The molecule has 2 rings (SSSR count). The molecule has 18 heavy (non-hydrogen) atoms. The fraction of sp³-hybridized carbons (Fsp3) is 0.571. The number of benzene rings is 1. The number of aliphatic hydroxyl groups excluding tert-OH is 1. The summed E-state index contributed by atoms with van der Waals surface area (Å²) in [6, 6.07) is 8.43. The van der Waals surface area contributed by atoms with E-state index in [0.717, 1.165) is 37.7 Å². The van der Waals surface area contributed by atoms with Gasteiger partial charge in [-0.1, -0.05) is 29.8 Å². The second kappa shape index (κ2) is 6.53. The van der Waals surface area contributed by atoms with Crippen molar-refractivity contribution in [3.05, 3.63) is 34.9 Å². The zero-order chi connectivity index (χ0) is 13.0. The zero-order valence-corrected chi connectivity index (χ0v) is 11.6. The first-order valence-electron chi connectivity index (χ1n) is 6.54. The lowest BCUT2D eigenvalue weighted by atomic mass is 10.1. The summed E-state index contributed by atoms with van der Waals surface area (Å²) in [7, 11) is 0. The van der Waals surface area contributed by atoms with Crippen LogP contribution in [0.2, 0.25) is 5.02 Å². The van der Waals surface area contributed by atoms with Crippen molar-refractivity contribution in [3.63, 3.8) is 0 Å². The van der Waals surface area contributed by atoms with Crippen molar-refractivity contribution in [2.45, 2.75) is 13.0 Å². The molecule has 0 aliphatic carbocycles. The first-order valence-corrected chi connectivity index (χ1v) is 6.92. The Labute approximate surface area is 114 Å². The molecule has 0 spiro atoms. The number of aliphatic hydroxyl groups is 1. The highest BCUT2D eigenvalue weighted by atomic mass is 35.5. The van der Waals surface area contributed by atoms with Crippen LogP contribution in [0.25, 0.3) is 0 Å². The van der Waals surface area contributed by atoms with Gasteiger partial charge in [-0.15, -0.1) is 0 Å². The Morgan fingerprint density at radius 1 is 1.22 bits per heavy atom. The molecule has 1 aliphatic heterocycles. The molecule has 0 aromatic heterocycles. The van der Waals surface area contributed by atoms with E-state index in [1.54, 1.807) is 0 Å². The molecule has 1 fully saturated rings. The minimum atomic E-state index is 0.250. The summed E-state index contributed by atoms with van der Waals surface area (Å²) in [5, 5.41) is 9.79. The van der Waals surface area contributed by atoms with Gasteiger partial charge in [0.25, 0.3) is 0 Å². The summed E-state index contributed by atoms with van der Waals surface area (Å²) in [6.45, 7) is 7.36. The topological polar surface area (TPSA) is 26.7 Å². The fourth-order valence-electron chi connectivity index (χ4n) is 2.53. The van der Waals surface area contributed by atoms with Gasteiger partial charge in [0.2, 0.25) is 0 Å². The quantitative estimate of drug-likeness (QED) is 0.905. The van der Waals surface area contributed by atoms with Gasteiger partial charge in [-0.05, 0) is 18.6 Å². The molecule has 3 nitrogen and oxygen atoms in total. The summed E-state index contributed by atoms with van der Waals surface area (Å²) in [6.07, 6.45) is 0. The smallest absolute Gasteiger partial charge is 0.0558 e. The highest BCUT2D eigenvalue weighted by Crippen LogP contribution is 2.27. The molecule has 1 saturated heterocycles. The highest BCUT2D eigenvalue weighted by Gasteiger charge is 2.22. The number of halogens is 1. The van der Waals surface area contributed by atoms with E-state index in [4.69, 9.17) is 16.7 Å². The van der Waals surface area contributed by atoms with Crippen LogP contribution in [0.1, 0.15) is 18.5 Å². The standard InChI is InChI=1S/C14H21ClN2O/c1-12(13-4-2-3-5-14(13)15)17-8-6-16(7-9-17)10-11-18/h2-5,12,18H,6-11H2,1H3/t12-/m0/s1. The molecule has 4 heteroatoms. The van der Waals surface area contributed by atoms with Crippen molar-refractivity contribution >= 4 is 11.6 Å². The summed E-state index contributed by atoms with van der Waals surface area (Å²) >= 11 is 6.25. The second-order valence-corrected chi connectivity index (χ2v) is 5.21. The molecule has 1 atom stereocenters. The Morgan fingerprint density at radius 2 is 1.89 bits per heavy atom. The van der Waals surface area contributed by atoms with Gasteiger partial charge in [0.05, 0.1) is 6.61 Å². The second-order valence-electron chi connectivity index (χ2n) is 4.80. The Morgan fingerprint density at radius 3 is 2.50 bits per heavy atom. The van der Waals surface area contributed by atoms with E-state index < -0.39 is 0 Å². The van der Waals surface area contributed by atoms with Gasteiger partial charge in [-0.3, -0.25) is 9.80 Å². The largest absolute Gasteiger partial charge is 0.395 e. The molecule has 0 unspecified atom stereocenters. The Hall–Kier alpha value is -0.610. The molecule has 1 aromatic carbocycles. The summed E-state index contributed by atoms with van der Waals surface area (Å²) in [4.78, 5) is 4.75. The molecule has 0 amide bonds. The van der Waals surface area contributed by atoms with Gasteiger partial charge in [-0.2, -0.15) is 0 Å². The van der Waals surface area contributed by atoms with E-state index in [1.807, 2.05) is 18.2 Å². The van der Waals surface area contributed by atoms with Crippen LogP contribution in [0.4, 0.5) is 0 Å². The van der Waals surface area contributed by atoms with E-state index >= 15 is 0 Å². The normalized spacial score (nSPS) is 19.9. The highest BCUT2D eigenvalue weighted by molar-refractivity contribution is 6.31. The SMILES string of the molecule is C[C@@H](c1ccccc1Cl)N1CCN(CCO)CC1. The van der Waals surface area contributed by atoms with Gasteiger partial charge in [-0.25, -0.2) is 0 Å². The molecule has 0 saturated carbocycles. The average molecular weight is 269 g/mol. The monoisotopic (exact) mass is 268 g/mol. The summed E-state index contributed by atoms with van der Waals surface area (Å²) in [5.74, 6) is 0. The number of hydrogen-bond donors (Lipinski definition) is 1. The van der Waals surface area contributed by atoms with Crippen LogP contribution in [-0.4, -0.2) is 54.2 Å². The number of rotatable bonds is 4. The molecule has 1 aliphatic rings. The van der Waals surface area contributed by atoms with Crippen LogP contribution in [-0.2, 0) is 0 Å². The van der Waals surface area contributed by atoms with Crippen molar-refractivity contribution in [2.24, 2.45) is 0 Å². The van der Waals surface area contributed by atoms with E-state index in [0.29, 0.717) is 6.04 Å². The minimum absolute atomic E-state index is 0.250. The van der Waals surface area contributed by atoms with E-state index in [1.165, 1.54) is 5.56 Å². The van der Waals surface area contributed by atoms with Crippen LogP contribution < -0.4 is 0 Å². The fourth-order valence-corrected chi connectivity index (χ4v) is 2.82. The number of hydrogen-bond acceptors (Lipinski definition) is 3. The number of piperazine rings is 1. The van der Waals surface area contributed by atoms with Gasteiger partial charge >= 0.3 is 0 Å². The first-order chi connectivity index (χ1) is 8.72. The molecule has 0 bridgehead atoms. The Balaban J connectivity index is 1.95. The first kappa shape index (κ1) is 13.8. The molecular weight excluding hydrogens is 248 g/mol. The van der Waals surface area contributed by atoms with Gasteiger partial charge in [0.15, 0.2) is 0 Å². The maximum absolute atomic E-state index is 8.94. The van der Waals surface area contributed by atoms with Gasteiger partial charge in [0.1, 0.15) is 0 Å². The minimum Gasteiger partial charge on any atom is -0.395 e. The van der Waals surface area contributed by atoms with Crippen LogP contribution in [0.15, 0.2) is 24.3 Å². The van der Waals surface area contributed by atoms with E-state index in [9.17, 15) is 0 Å². The molecule has 1 heterocycles. The van der Waals surface area contributed by atoms with Crippen molar-refractivity contribution in [1.29, 1.82) is 0 Å². The van der Waals surface area contributed by atoms with Gasteiger partial charge in [0, 0.05) is 43.8 Å². The molecule has 100 valence electrons. The van der Waals surface area contributed by atoms with E-state index in [-0.39, 0.29) is 6.61 Å². The summed E-state index contributed by atoms with van der Waals surface area (Å²) < 4.78 is 0. The van der Waals surface area contributed by atoms with Crippen LogP contribution in [0.5, 0.6) is 0 Å². The Kier molecular flexibility index (Phi) is 5.01. The molecule has 0 radical (unpaired) electrons. The van der Waals surface area contributed by atoms with Gasteiger partial charge < -0.3 is 5.11 Å². The van der Waals surface area contributed by atoms with E-state index in [2.05, 4.69) is 22.8 Å². The van der Waals surface area contributed by atoms with Crippen LogP contribution in [0.3, 0.4) is 0 Å². The van der Waals surface area contributed by atoms with Crippen LogP contribution >= 0.6 is 11.6 Å². The maximum Gasteiger partial charge on any atom is 0.0558 e. The predicted octanol–water partition coefficient (Wildman–Crippen LogP) is 2.01. The predicted molar refractivity (Wildman–Crippen MR) is 75.0 cm³/mol. The van der Waals surface area contributed by atoms with Crippen LogP contribution in [0, 0.1) is 0 Å². The van der Waals surface area contributed by atoms with Crippen molar-refractivity contribution in [1.82, 2.24) is 9.80 Å². The zero-order valence-electron chi connectivity index (χ0n) is 10.8. The number of nitrogens with zero attached hydrogens (tertiary/aromatic N) is 2. The lowest BCUT2D eigenvalue weighted by molar-refractivity contribution is 0.0888. The van der Waals surface area contributed by atoms with Crippen molar-refractivity contribution in [3.8, 4) is 0 Å². The van der Waals surface area contributed by atoms with Crippen molar-refractivity contribution in [2.75, 3.05) is 39.3 Å². The molecule has 1 aromatic rings.